The summed E-state index contributed by atoms with van der Waals surface area (Å²) < 4.78 is 25.9. The molecule has 1 aliphatic carbocycles. The number of aliphatic hydroxyl groups is 3. The Hall–Kier alpha value is -1.04. The molecule has 0 aromatic carbocycles. The highest BCUT2D eigenvalue weighted by Crippen LogP contribution is 2.36. The van der Waals surface area contributed by atoms with Crippen molar-refractivity contribution in [3.8, 4) is 0 Å². The van der Waals surface area contributed by atoms with Crippen molar-refractivity contribution in [2.24, 2.45) is 11.8 Å². The molecular weight excluding hydrogens is 542 g/mol. The summed E-state index contributed by atoms with van der Waals surface area (Å²) in [7, 11) is -3.52. The number of allylic oxidation sites excluding steroid dienone is 2. The maximum Gasteiger partial charge on any atom is 0.234 e. The van der Waals surface area contributed by atoms with Gasteiger partial charge in [-0.1, -0.05) is 24.3 Å². The monoisotopic (exact) mass is 577 g/mol. The molecule has 192 valence electrons. The molecule has 1 aromatic rings. The van der Waals surface area contributed by atoms with Crippen molar-refractivity contribution in [3.63, 3.8) is 0 Å². The first-order chi connectivity index (χ1) is 16.0. The van der Waals surface area contributed by atoms with Crippen LogP contribution in [-0.2, 0) is 21.2 Å². The Morgan fingerprint density at radius 3 is 2.71 bits per heavy atom. The van der Waals surface area contributed by atoms with Crippen LogP contribution in [0.5, 0.6) is 0 Å². The van der Waals surface area contributed by atoms with Gasteiger partial charge in [0, 0.05) is 33.0 Å². The van der Waals surface area contributed by atoms with Gasteiger partial charge in [0.15, 0.2) is 0 Å². The SMILES string of the molecule is CCS(=O)(=O)NC(=O)CCC/C=C/C[C@@H]1[C@@H](/C=C/[C@@H](O)CCc2cc(Br)c(C)s2)[C@H](O)C[C@@H]1O. The molecule has 1 aliphatic rings. The van der Waals surface area contributed by atoms with Crippen LogP contribution in [0, 0.1) is 18.8 Å². The second kappa shape index (κ2) is 13.9. The van der Waals surface area contributed by atoms with Crippen LogP contribution in [0.2, 0.25) is 0 Å². The minimum absolute atomic E-state index is 0.125. The molecule has 4 N–H and O–H groups in total. The predicted octanol–water partition coefficient (Wildman–Crippen LogP) is 3.61. The summed E-state index contributed by atoms with van der Waals surface area (Å²) in [5.74, 6) is -1.02. The van der Waals surface area contributed by atoms with Gasteiger partial charge >= 0.3 is 0 Å². The van der Waals surface area contributed by atoms with Gasteiger partial charge in [0.05, 0.1) is 24.1 Å². The second-order valence-electron chi connectivity index (χ2n) is 8.75. The molecule has 0 radical (unpaired) electrons. The number of halogens is 1. The van der Waals surface area contributed by atoms with E-state index in [1.807, 2.05) is 29.9 Å². The van der Waals surface area contributed by atoms with Crippen LogP contribution in [-0.4, -0.2) is 53.7 Å². The Kier molecular flexibility index (Phi) is 11.9. The van der Waals surface area contributed by atoms with Crippen LogP contribution in [0.25, 0.3) is 0 Å². The standard InChI is InChI=1S/C24H36BrNO6S2/c1-3-34(31,32)26-24(30)9-7-5-4-6-8-19-20(23(29)15-22(19)28)13-11-17(27)10-12-18-14-21(25)16(2)33-18/h4,6,11,13-14,17,19-20,22-23,27-29H,3,5,7-10,12,15H2,1-2H3,(H,26,30)/b6-4+,13-11+/t17-,19+,20+,22-,23+/m0/s1. The van der Waals surface area contributed by atoms with E-state index in [4.69, 9.17) is 0 Å². The van der Waals surface area contributed by atoms with E-state index in [9.17, 15) is 28.5 Å². The topological polar surface area (TPSA) is 124 Å². The zero-order chi connectivity index (χ0) is 25.3. The minimum atomic E-state index is -3.52. The zero-order valence-corrected chi connectivity index (χ0v) is 22.9. The minimum Gasteiger partial charge on any atom is -0.393 e. The number of carbonyl (C=O) groups excluding carboxylic acids is 1. The van der Waals surface area contributed by atoms with Crippen molar-refractivity contribution >= 4 is 43.2 Å². The highest BCUT2D eigenvalue weighted by Gasteiger charge is 2.39. The quantitative estimate of drug-likeness (QED) is 0.210. The molecule has 1 amide bonds. The van der Waals surface area contributed by atoms with E-state index in [-0.39, 0.29) is 24.0 Å². The van der Waals surface area contributed by atoms with Gasteiger partial charge in [0.2, 0.25) is 15.9 Å². The summed E-state index contributed by atoms with van der Waals surface area (Å²) >= 11 is 5.22. The number of nitrogens with one attached hydrogen (secondary N) is 1. The molecule has 7 nitrogen and oxygen atoms in total. The van der Waals surface area contributed by atoms with Crippen molar-refractivity contribution in [2.45, 2.75) is 77.1 Å². The molecule has 1 heterocycles. The average molecular weight is 579 g/mol. The third-order valence-electron chi connectivity index (χ3n) is 6.07. The number of hydrogen-bond acceptors (Lipinski definition) is 7. The van der Waals surface area contributed by atoms with Gasteiger partial charge in [-0.2, -0.15) is 0 Å². The van der Waals surface area contributed by atoms with Crippen LogP contribution in [0.1, 0.15) is 55.2 Å². The van der Waals surface area contributed by atoms with Gasteiger partial charge in [-0.15, -0.1) is 11.3 Å². The fraction of sp³-hybridized carbons (Fsp3) is 0.625. The summed E-state index contributed by atoms with van der Waals surface area (Å²) in [4.78, 5) is 14.1. The lowest BCUT2D eigenvalue weighted by atomic mass is 9.89. The summed E-state index contributed by atoms with van der Waals surface area (Å²) in [6.07, 6.45) is 9.00. The lowest BCUT2D eigenvalue weighted by Crippen LogP contribution is -2.31. The van der Waals surface area contributed by atoms with Crippen molar-refractivity contribution < 1.29 is 28.5 Å². The highest BCUT2D eigenvalue weighted by atomic mass is 79.9. The van der Waals surface area contributed by atoms with Gasteiger partial charge < -0.3 is 15.3 Å². The molecule has 0 aliphatic heterocycles. The predicted molar refractivity (Wildman–Crippen MR) is 139 cm³/mol. The lowest BCUT2D eigenvalue weighted by molar-refractivity contribution is -0.119. The summed E-state index contributed by atoms with van der Waals surface area (Å²) in [6.45, 7) is 3.52. The molecular formula is C24H36BrNO6S2. The van der Waals surface area contributed by atoms with Gasteiger partial charge in [-0.05, 0) is 73.9 Å². The van der Waals surface area contributed by atoms with Crippen LogP contribution in [0.4, 0.5) is 0 Å². The molecule has 0 bridgehead atoms. The van der Waals surface area contributed by atoms with Crippen molar-refractivity contribution in [1.29, 1.82) is 0 Å². The molecule has 0 saturated heterocycles. The van der Waals surface area contributed by atoms with Crippen LogP contribution in [0.15, 0.2) is 34.8 Å². The third kappa shape index (κ3) is 9.54. The van der Waals surface area contributed by atoms with E-state index in [1.165, 1.54) is 16.7 Å². The van der Waals surface area contributed by atoms with E-state index in [2.05, 4.69) is 22.0 Å². The lowest BCUT2D eigenvalue weighted by Gasteiger charge is -2.19. The Morgan fingerprint density at radius 1 is 1.32 bits per heavy atom. The number of aryl methyl sites for hydroxylation is 2. The first-order valence-electron chi connectivity index (χ1n) is 11.7. The highest BCUT2D eigenvalue weighted by molar-refractivity contribution is 9.10. The zero-order valence-electron chi connectivity index (χ0n) is 19.7. The molecule has 10 heteroatoms. The number of sulfonamides is 1. The summed E-state index contributed by atoms with van der Waals surface area (Å²) in [6, 6.07) is 2.08. The van der Waals surface area contributed by atoms with Gasteiger partial charge in [-0.25, -0.2) is 8.42 Å². The van der Waals surface area contributed by atoms with E-state index in [1.54, 1.807) is 17.4 Å². The molecule has 1 saturated carbocycles. The smallest absolute Gasteiger partial charge is 0.234 e. The Labute approximate surface area is 215 Å². The van der Waals surface area contributed by atoms with Crippen molar-refractivity contribution in [2.75, 3.05) is 5.75 Å². The maximum atomic E-state index is 11.6. The molecule has 0 spiro atoms. The van der Waals surface area contributed by atoms with Gasteiger partial charge in [-0.3, -0.25) is 9.52 Å². The number of thiophene rings is 1. The van der Waals surface area contributed by atoms with Crippen molar-refractivity contribution in [3.05, 3.63) is 44.6 Å². The van der Waals surface area contributed by atoms with E-state index >= 15 is 0 Å². The first-order valence-corrected chi connectivity index (χ1v) is 14.9. The molecule has 2 rings (SSSR count). The van der Waals surface area contributed by atoms with Gasteiger partial charge in [0.25, 0.3) is 0 Å². The maximum absolute atomic E-state index is 11.6. The van der Waals surface area contributed by atoms with E-state index in [0.717, 1.165) is 10.9 Å². The molecule has 1 aromatic heterocycles. The fourth-order valence-electron chi connectivity index (χ4n) is 4.04. The Bertz CT molecular complexity index is 939. The Morgan fingerprint density at radius 2 is 2.06 bits per heavy atom. The van der Waals surface area contributed by atoms with Crippen LogP contribution < -0.4 is 4.72 Å². The first kappa shape index (κ1) is 29.2. The second-order valence-corrected chi connectivity index (χ2v) is 13.0. The number of rotatable bonds is 13. The van der Waals surface area contributed by atoms with Crippen molar-refractivity contribution in [1.82, 2.24) is 4.72 Å². The normalized spacial score (nSPS) is 24.3. The third-order valence-corrected chi connectivity index (χ3v) is 9.56. The molecule has 1 fully saturated rings. The van der Waals surface area contributed by atoms with Gasteiger partial charge in [0.1, 0.15) is 0 Å². The Balaban J connectivity index is 1.78. The summed E-state index contributed by atoms with van der Waals surface area (Å²) in [5.41, 5.74) is 0. The summed E-state index contributed by atoms with van der Waals surface area (Å²) in [5, 5.41) is 31.1. The number of unbranched alkanes of at least 4 members (excludes halogenated alkanes) is 1. The number of aliphatic hydroxyl groups excluding tert-OH is 3. The van der Waals surface area contributed by atoms with Crippen LogP contribution >= 0.6 is 27.3 Å². The number of amides is 1. The van der Waals surface area contributed by atoms with E-state index < -0.39 is 34.2 Å². The molecule has 5 atom stereocenters. The number of hydrogen-bond donors (Lipinski definition) is 4. The van der Waals surface area contributed by atoms with E-state index in [0.29, 0.717) is 32.1 Å². The molecule has 0 unspecified atom stereocenters. The number of carbonyl (C=O) groups is 1. The van der Waals surface area contributed by atoms with Crippen LogP contribution in [0.3, 0.4) is 0 Å². The molecule has 34 heavy (non-hydrogen) atoms. The largest absolute Gasteiger partial charge is 0.393 e. The average Bonchev–Trinajstić information content (AvgIpc) is 3.23. The fourth-order valence-corrected chi connectivity index (χ4v) is 6.25.